The molecule has 1 aromatic carbocycles. The van der Waals surface area contributed by atoms with Gasteiger partial charge in [0.15, 0.2) is 6.10 Å². The molecule has 0 heterocycles. The number of carboxylic acid groups (broad SMARTS) is 1. The highest BCUT2D eigenvalue weighted by Gasteiger charge is 2.20. The normalized spacial score (nSPS) is 13.8. The predicted molar refractivity (Wildman–Crippen MR) is 75.0 cm³/mol. The fraction of sp³-hybridized carbons (Fsp3) is 0.533. The number of aliphatic carboxylic acids is 1. The Hall–Kier alpha value is -1.59. The molecule has 112 valence electrons. The van der Waals surface area contributed by atoms with Gasteiger partial charge in [-0.25, -0.2) is 4.79 Å². The molecule has 2 N–H and O–H groups in total. The average Bonchev–Trinajstić information content (AvgIpc) is 2.45. The Morgan fingerprint density at radius 1 is 1.30 bits per heavy atom. The molecule has 20 heavy (non-hydrogen) atoms. The SMILES string of the molecule is CCC(C)O[C@@H](Cc1ccc(OCCO)cc1)C(=O)O. The maximum Gasteiger partial charge on any atom is 0.333 e. The van der Waals surface area contributed by atoms with Crippen molar-refractivity contribution < 1.29 is 24.5 Å². The molecule has 0 aromatic heterocycles. The number of hydrogen-bond acceptors (Lipinski definition) is 4. The summed E-state index contributed by atoms with van der Waals surface area (Å²) in [6.07, 6.45) is 0.176. The quantitative estimate of drug-likeness (QED) is 0.723. The molecule has 2 atom stereocenters. The fourth-order valence-electron chi connectivity index (χ4n) is 1.67. The molecule has 0 bridgehead atoms. The highest BCUT2D eigenvalue weighted by molar-refractivity contribution is 5.72. The van der Waals surface area contributed by atoms with Gasteiger partial charge in [-0.05, 0) is 31.0 Å². The molecule has 0 saturated carbocycles. The van der Waals surface area contributed by atoms with E-state index in [1.807, 2.05) is 26.0 Å². The first-order chi connectivity index (χ1) is 9.56. The summed E-state index contributed by atoms with van der Waals surface area (Å²) >= 11 is 0. The summed E-state index contributed by atoms with van der Waals surface area (Å²) in [5.74, 6) is -0.302. The van der Waals surface area contributed by atoms with Crippen LogP contribution < -0.4 is 4.74 Å². The molecule has 0 aliphatic heterocycles. The van der Waals surface area contributed by atoms with Gasteiger partial charge in [-0.2, -0.15) is 0 Å². The first-order valence-corrected chi connectivity index (χ1v) is 6.77. The van der Waals surface area contributed by atoms with Crippen LogP contribution in [-0.2, 0) is 16.0 Å². The van der Waals surface area contributed by atoms with E-state index in [1.165, 1.54) is 0 Å². The van der Waals surface area contributed by atoms with E-state index in [2.05, 4.69) is 0 Å². The van der Waals surface area contributed by atoms with Crippen molar-refractivity contribution in [2.45, 2.75) is 38.9 Å². The molecule has 1 aromatic rings. The van der Waals surface area contributed by atoms with Crippen LogP contribution in [0.15, 0.2) is 24.3 Å². The van der Waals surface area contributed by atoms with E-state index in [1.54, 1.807) is 12.1 Å². The van der Waals surface area contributed by atoms with Crippen LogP contribution in [0.3, 0.4) is 0 Å². The topological polar surface area (TPSA) is 76.0 Å². The number of aliphatic hydroxyl groups is 1. The Balaban J connectivity index is 2.62. The van der Waals surface area contributed by atoms with Crippen LogP contribution in [0.2, 0.25) is 0 Å². The van der Waals surface area contributed by atoms with Crippen molar-refractivity contribution in [3.63, 3.8) is 0 Å². The lowest BCUT2D eigenvalue weighted by atomic mass is 10.1. The monoisotopic (exact) mass is 282 g/mol. The summed E-state index contributed by atoms with van der Waals surface area (Å²) in [7, 11) is 0. The van der Waals surface area contributed by atoms with Crippen LogP contribution in [0.1, 0.15) is 25.8 Å². The first kappa shape index (κ1) is 16.5. The van der Waals surface area contributed by atoms with Crippen molar-refractivity contribution in [1.82, 2.24) is 0 Å². The molecule has 0 fully saturated rings. The fourth-order valence-corrected chi connectivity index (χ4v) is 1.67. The standard InChI is InChI=1S/C15H22O5/c1-3-11(2)20-14(15(17)18)10-12-4-6-13(7-5-12)19-9-8-16/h4-7,11,14,16H,3,8-10H2,1-2H3,(H,17,18)/t11?,14-/m0/s1. The second kappa shape index (κ2) is 8.55. The maximum atomic E-state index is 11.2. The second-order valence-electron chi connectivity index (χ2n) is 4.60. The summed E-state index contributed by atoms with van der Waals surface area (Å²) in [6.45, 7) is 4.03. The third kappa shape index (κ3) is 5.59. The van der Waals surface area contributed by atoms with Crippen LogP contribution in [0, 0.1) is 0 Å². The Morgan fingerprint density at radius 2 is 1.95 bits per heavy atom. The molecule has 5 heteroatoms. The molecule has 0 radical (unpaired) electrons. The Labute approximate surface area is 119 Å². The zero-order valence-corrected chi connectivity index (χ0v) is 11.9. The Bertz CT molecular complexity index is 401. The minimum atomic E-state index is -0.953. The number of rotatable bonds is 9. The van der Waals surface area contributed by atoms with E-state index in [0.717, 1.165) is 12.0 Å². The van der Waals surface area contributed by atoms with Gasteiger partial charge >= 0.3 is 5.97 Å². The van der Waals surface area contributed by atoms with Gasteiger partial charge < -0.3 is 19.7 Å². The predicted octanol–water partition coefficient (Wildman–Crippen LogP) is 1.87. The van der Waals surface area contributed by atoms with Gasteiger partial charge in [0.25, 0.3) is 0 Å². The molecule has 5 nitrogen and oxygen atoms in total. The van der Waals surface area contributed by atoms with E-state index in [-0.39, 0.29) is 19.3 Å². The molecule has 1 unspecified atom stereocenters. The van der Waals surface area contributed by atoms with Crippen LogP contribution in [0.5, 0.6) is 5.75 Å². The summed E-state index contributed by atoms with van der Waals surface area (Å²) in [4.78, 5) is 11.2. The Morgan fingerprint density at radius 3 is 2.45 bits per heavy atom. The number of ether oxygens (including phenoxy) is 2. The number of aliphatic hydroxyl groups excluding tert-OH is 1. The number of hydrogen-bond donors (Lipinski definition) is 2. The minimum Gasteiger partial charge on any atom is -0.491 e. The van der Waals surface area contributed by atoms with Crippen molar-refractivity contribution in [2.24, 2.45) is 0 Å². The van der Waals surface area contributed by atoms with Crippen molar-refractivity contribution in [1.29, 1.82) is 0 Å². The van der Waals surface area contributed by atoms with E-state index < -0.39 is 12.1 Å². The first-order valence-electron chi connectivity index (χ1n) is 6.77. The lowest BCUT2D eigenvalue weighted by molar-refractivity contribution is -0.153. The summed E-state index contributed by atoms with van der Waals surface area (Å²) in [5.41, 5.74) is 0.872. The van der Waals surface area contributed by atoms with E-state index in [0.29, 0.717) is 12.2 Å². The van der Waals surface area contributed by atoms with Gasteiger partial charge in [0.05, 0.1) is 12.7 Å². The van der Waals surface area contributed by atoms with Crippen molar-refractivity contribution in [3.05, 3.63) is 29.8 Å². The average molecular weight is 282 g/mol. The van der Waals surface area contributed by atoms with Crippen LogP contribution in [0.25, 0.3) is 0 Å². The summed E-state index contributed by atoms with van der Waals surface area (Å²) in [5, 5.41) is 17.8. The number of carboxylic acids is 1. The zero-order chi connectivity index (χ0) is 15.0. The van der Waals surface area contributed by atoms with Gasteiger partial charge in [0.2, 0.25) is 0 Å². The second-order valence-corrected chi connectivity index (χ2v) is 4.60. The third-order valence-electron chi connectivity index (χ3n) is 2.95. The Kier molecular flexibility index (Phi) is 7.04. The van der Waals surface area contributed by atoms with Crippen LogP contribution >= 0.6 is 0 Å². The number of benzene rings is 1. The van der Waals surface area contributed by atoms with E-state index in [9.17, 15) is 9.90 Å². The van der Waals surface area contributed by atoms with Gasteiger partial charge in [0, 0.05) is 6.42 Å². The summed E-state index contributed by atoms with van der Waals surface area (Å²) < 4.78 is 10.7. The molecular weight excluding hydrogens is 260 g/mol. The van der Waals surface area contributed by atoms with Crippen LogP contribution in [-0.4, -0.2) is 41.6 Å². The molecule has 0 aliphatic rings. The lowest BCUT2D eigenvalue weighted by Crippen LogP contribution is -2.30. The van der Waals surface area contributed by atoms with Crippen molar-refractivity contribution in [3.8, 4) is 5.75 Å². The van der Waals surface area contributed by atoms with Gasteiger partial charge in [-0.15, -0.1) is 0 Å². The highest BCUT2D eigenvalue weighted by atomic mass is 16.5. The zero-order valence-electron chi connectivity index (χ0n) is 11.9. The maximum absolute atomic E-state index is 11.2. The van der Waals surface area contributed by atoms with Gasteiger partial charge in [-0.3, -0.25) is 0 Å². The highest BCUT2D eigenvalue weighted by Crippen LogP contribution is 2.15. The molecule has 0 spiro atoms. The van der Waals surface area contributed by atoms with Gasteiger partial charge in [0.1, 0.15) is 12.4 Å². The lowest BCUT2D eigenvalue weighted by Gasteiger charge is -2.18. The molecule has 0 amide bonds. The van der Waals surface area contributed by atoms with E-state index in [4.69, 9.17) is 14.6 Å². The largest absolute Gasteiger partial charge is 0.491 e. The van der Waals surface area contributed by atoms with Gasteiger partial charge in [-0.1, -0.05) is 19.1 Å². The number of carbonyl (C=O) groups is 1. The third-order valence-corrected chi connectivity index (χ3v) is 2.95. The van der Waals surface area contributed by atoms with Crippen molar-refractivity contribution in [2.75, 3.05) is 13.2 Å². The molecule has 0 aliphatic carbocycles. The smallest absolute Gasteiger partial charge is 0.333 e. The molecule has 0 saturated heterocycles. The molecular formula is C15H22O5. The summed E-state index contributed by atoms with van der Waals surface area (Å²) in [6, 6.07) is 7.13. The minimum absolute atomic E-state index is 0.0361. The molecule has 1 rings (SSSR count). The van der Waals surface area contributed by atoms with E-state index >= 15 is 0 Å². The van der Waals surface area contributed by atoms with Crippen molar-refractivity contribution >= 4 is 5.97 Å². The van der Waals surface area contributed by atoms with Crippen LogP contribution in [0.4, 0.5) is 0 Å².